The Hall–Kier alpha value is -6.95. The summed E-state index contributed by atoms with van der Waals surface area (Å²) in [6.45, 7) is 8.19. The molecule has 1 atom stereocenters. The monoisotopic (exact) mass is 980 g/mol. The number of H-pyrrole nitrogens is 1. The minimum Gasteiger partial charge on any atom is -0.496 e. The third-order valence-electron chi connectivity index (χ3n) is 12.0. The smallest absolute Gasteiger partial charge is 0.262 e. The molecular weight excluding hydrogens is 924 g/mol. The zero-order valence-electron chi connectivity index (χ0n) is 39.4. The largest absolute Gasteiger partial charge is 0.496 e. The Kier molecular flexibility index (Phi) is 17.6. The number of anilines is 2. The number of carbonyl (C=O) groups is 5. The standard InChI is InChI=1S/C49H57FN10O11/c1-66-40-4-2-3-37(50)43(40)46-53-30-38-45(55-46)44(57-56-38)32-5-8-34(9-6-32)59-17-15-58(16-18-59)31-42(62)52-14-20-68-22-24-70-26-28-71-27-25-69-23-21-67-19-13-51-33-7-10-35-36(29-33)49(65)60(48(35)64)39-11-12-41(61)54-47(39)63/h2-10,29-30,39,51H,11-28,31H2,1H3,(H,52,62)(H,56,57)(H,54,61,63). The summed E-state index contributed by atoms with van der Waals surface area (Å²) in [5.74, 6) is -2.13. The summed E-state index contributed by atoms with van der Waals surface area (Å²) < 4.78 is 48.0. The molecule has 1 unspecified atom stereocenters. The van der Waals surface area contributed by atoms with Crippen LogP contribution in [0.2, 0.25) is 0 Å². The van der Waals surface area contributed by atoms with Gasteiger partial charge in [-0.1, -0.05) is 18.2 Å². The van der Waals surface area contributed by atoms with E-state index in [1.54, 1.807) is 36.5 Å². The molecule has 3 aliphatic heterocycles. The van der Waals surface area contributed by atoms with Gasteiger partial charge in [0.15, 0.2) is 5.82 Å². The summed E-state index contributed by atoms with van der Waals surface area (Å²) in [5, 5.41) is 15.7. The molecule has 0 bridgehead atoms. The van der Waals surface area contributed by atoms with Crippen LogP contribution >= 0.6 is 0 Å². The molecule has 22 heteroatoms. The van der Waals surface area contributed by atoms with Crippen LogP contribution in [0.4, 0.5) is 15.8 Å². The van der Waals surface area contributed by atoms with Gasteiger partial charge in [0.2, 0.25) is 17.7 Å². The van der Waals surface area contributed by atoms with Crippen molar-refractivity contribution in [1.82, 2.24) is 40.6 Å². The molecule has 0 spiro atoms. The lowest BCUT2D eigenvalue weighted by Gasteiger charge is -2.35. The Balaban J connectivity index is 0.599. The van der Waals surface area contributed by atoms with E-state index in [2.05, 4.69) is 45.9 Å². The van der Waals surface area contributed by atoms with Crippen LogP contribution in [0.3, 0.4) is 0 Å². The first-order valence-electron chi connectivity index (χ1n) is 23.5. The molecule has 5 heterocycles. The van der Waals surface area contributed by atoms with Crippen LogP contribution in [-0.2, 0) is 38.1 Å². The quantitative estimate of drug-likeness (QED) is 0.0460. The van der Waals surface area contributed by atoms with Crippen molar-refractivity contribution in [2.45, 2.75) is 18.9 Å². The summed E-state index contributed by atoms with van der Waals surface area (Å²) in [6, 6.07) is 16.5. The van der Waals surface area contributed by atoms with Crippen LogP contribution in [0.15, 0.2) is 66.9 Å². The van der Waals surface area contributed by atoms with Crippen molar-refractivity contribution in [3.8, 4) is 28.4 Å². The number of methoxy groups -OCH3 is 1. The van der Waals surface area contributed by atoms with E-state index in [9.17, 15) is 28.4 Å². The number of benzene rings is 3. The first-order valence-corrected chi connectivity index (χ1v) is 23.5. The number of amides is 5. The van der Waals surface area contributed by atoms with Crippen molar-refractivity contribution in [1.29, 1.82) is 0 Å². The van der Waals surface area contributed by atoms with Crippen LogP contribution < -0.4 is 25.6 Å². The second kappa shape index (κ2) is 24.7. The molecule has 3 aliphatic rings. The van der Waals surface area contributed by atoms with Gasteiger partial charge in [-0.2, -0.15) is 5.10 Å². The second-order valence-electron chi connectivity index (χ2n) is 16.7. The number of nitrogens with zero attached hydrogens (tertiary/aromatic N) is 6. The SMILES string of the molecule is COc1cccc(F)c1-c1ncc2[nH]nc(-c3ccc(N4CCN(CC(=O)NCCOCCOCCOCCOCCOCCNc5ccc6c(c5)C(=O)N(C5CCC(=O)NC5=O)C6=O)CC4)cc3)c2n1. The zero-order chi connectivity index (χ0) is 49.5. The average Bonchev–Trinajstić information content (AvgIpc) is 3.91. The van der Waals surface area contributed by atoms with Crippen LogP contribution in [0.25, 0.3) is 33.7 Å². The summed E-state index contributed by atoms with van der Waals surface area (Å²) in [6.07, 6.45) is 1.76. The maximum atomic E-state index is 14.8. The van der Waals surface area contributed by atoms with Crippen molar-refractivity contribution in [2.75, 3.05) is 129 Å². The molecule has 0 aliphatic carbocycles. The molecule has 376 valence electrons. The van der Waals surface area contributed by atoms with E-state index in [1.165, 1.54) is 13.2 Å². The Morgan fingerprint density at radius 3 is 2.13 bits per heavy atom. The van der Waals surface area contributed by atoms with Crippen molar-refractivity contribution in [3.63, 3.8) is 0 Å². The molecule has 8 rings (SSSR count). The molecule has 21 nitrogen and oxygen atoms in total. The number of halogens is 1. The van der Waals surface area contributed by atoms with Crippen molar-refractivity contribution >= 4 is 51.9 Å². The Bertz CT molecular complexity index is 2660. The molecule has 3 aromatic carbocycles. The van der Waals surface area contributed by atoms with Crippen LogP contribution in [-0.4, -0.2) is 185 Å². The maximum absolute atomic E-state index is 14.8. The minimum atomic E-state index is -1.01. The highest BCUT2D eigenvalue weighted by Gasteiger charge is 2.44. The fourth-order valence-electron chi connectivity index (χ4n) is 8.37. The topological polar surface area (TPSA) is 241 Å². The van der Waals surface area contributed by atoms with Gasteiger partial charge in [-0.3, -0.25) is 44.2 Å². The fraction of sp³-hybridized carbons (Fsp3) is 0.429. The molecule has 2 aromatic heterocycles. The van der Waals surface area contributed by atoms with Gasteiger partial charge in [0.05, 0.1) is 103 Å². The number of imide groups is 2. The number of nitrogens with one attached hydrogen (secondary N) is 4. The average molecular weight is 981 g/mol. The molecule has 5 amide bonds. The summed E-state index contributed by atoms with van der Waals surface area (Å²) >= 11 is 0. The number of hydrogen-bond acceptors (Lipinski definition) is 17. The number of aromatic nitrogens is 4. The zero-order valence-corrected chi connectivity index (χ0v) is 39.4. The maximum Gasteiger partial charge on any atom is 0.262 e. The van der Waals surface area contributed by atoms with Gasteiger partial charge in [-0.15, -0.1) is 0 Å². The highest BCUT2D eigenvalue weighted by molar-refractivity contribution is 6.23. The molecule has 71 heavy (non-hydrogen) atoms. The van der Waals surface area contributed by atoms with E-state index < -0.39 is 35.5 Å². The molecule has 0 radical (unpaired) electrons. The van der Waals surface area contributed by atoms with Gasteiger partial charge < -0.3 is 44.0 Å². The van der Waals surface area contributed by atoms with Crippen LogP contribution in [0.1, 0.15) is 33.6 Å². The number of carbonyl (C=O) groups excluding carboxylic acids is 5. The van der Waals surface area contributed by atoms with Gasteiger partial charge >= 0.3 is 0 Å². The van der Waals surface area contributed by atoms with Gasteiger partial charge in [0.25, 0.3) is 11.8 Å². The van der Waals surface area contributed by atoms with Crippen LogP contribution in [0.5, 0.6) is 5.75 Å². The highest BCUT2D eigenvalue weighted by atomic mass is 19.1. The third kappa shape index (κ3) is 12.9. The minimum absolute atomic E-state index is 0.0480. The Morgan fingerprint density at radius 2 is 1.45 bits per heavy atom. The predicted molar refractivity (Wildman–Crippen MR) is 256 cm³/mol. The number of piperazine rings is 1. The molecule has 2 saturated heterocycles. The molecule has 2 fully saturated rings. The Morgan fingerprint density at radius 1 is 0.789 bits per heavy atom. The van der Waals surface area contributed by atoms with Crippen molar-refractivity contribution < 1.29 is 56.8 Å². The number of hydrogen-bond donors (Lipinski definition) is 4. The lowest BCUT2D eigenvalue weighted by molar-refractivity contribution is -0.136. The molecule has 5 aromatic rings. The van der Waals surface area contributed by atoms with Gasteiger partial charge in [0, 0.05) is 62.6 Å². The highest BCUT2D eigenvalue weighted by Crippen LogP contribution is 2.34. The summed E-state index contributed by atoms with van der Waals surface area (Å²) in [7, 11) is 1.48. The van der Waals surface area contributed by atoms with Crippen molar-refractivity contribution in [3.05, 3.63) is 83.8 Å². The van der Waals surface area contributed by atoms with Gasteiger partial charge in [-0.25, -0.2) is 14.4 Å². The first kappa shape index (κ1) is 50.4. The van der Waals surface area contributed by atoms with E-state index in [0.29, 0.717) is 114 Å². The van der Waals surface area contributed by atoms with E-state index in [4.69, 9.17) is 28.4 Å². The van der Waals surface area contributed by atoms with Gasteiger partial charge in [-0.05, 0) is 48.9 Å². The number of piperidine rings is 1. The number of ether oxygens (including phenoxy) is 6. The Labute approximate surface area is 408 Å². The lowest BCUT2D eigenvalue weighted by Crippen LogP contribution is -2.54. The predicted octanol–water partition coefficient (Wildman–Crippen LogP) is 2.67. The van der Waals surface area contributed by atoms with E-state index in [1.807, 2.05) is 24.3 Å². The van der Waals surface area contributed by atoms with Crippen LogP contribution in [0, 0.1) is 5.82 Å². The first-order chi connectivity index (χ1) is 34.7. The normalized spacial score (nSPS) is 16.2. The number of fused-ring (bicyclic) bond motifs is 2. The summed E-state index contributed by atoms with van der Waals surface area (Å²) in [4.78, 5) is 76.6. The fourth-order valence-corrected chi connectivity index (χ4v) is 8.37. The van der Waals surface area contributed by atoms with E-state index >= 15 is 0 Å². The lowest BCUT2D eigenvalue weighted by atomic mass is 10.0. The molecule has 4 N–H and O–H groups in total. The third-order valence-corrected chi connectivity index (χ3v) is 12.0. The van der Waals surface area contributed by atoms with Gasteiger partial charge in [0.1, 0.15) is 34.3 Å². The number of aromatic amines is 1. The molecular formula is C49H57FN10O11. The van der Waals surface area contributed by atoms with Crippen molar-refractivity contribution in [2.24, 2.45) is 0 Å². The van der Waals surface area contributed by atoms with E-state index in [-0.39, 0.29) is 41.3 Å². The van der Waals surface area contributed by atoms with E-state index in [0.717, 1.165) is 42.3 Å². The summed E-state index contributed by atoms with van der Waals surface area (Å²) in [5.41, 5.74) is 5.02. The molecule has 0 saturated carbocycles. The second-order valence-corrected chi connectivity index (χ2v) is 16.7. The number of rotatable bonds is 26.